The van der Waals surface area contributed by atoms with Crippen LogP contribution in [0.5, 0.6) is 0 Å². The van der Waals surface area contributed by atoms with Gasteiger partial charge in [0.05, 0.1) is 0 Å². The van der Waals surface area contributed by atoms with E-state index in [9.17, 15) is 0 Å². The molecule has 1 nitrogen and oxygen atoms in total. The minimum absolute atomic E-state index is 1.10. The van der Waals surface area contributed by atoms with Crippen LogP contribution >= 0.6 is 0 Å². The van der Waals surface area contributed by atoms with Crippen LogP contribution in [0.1, 0.15) is 16.8 Å². The van der Waals surface area contributed by atoms with Crippen LogP contribution in [0, 0.1) is 6.92 Å². The standard InChI is InChI=1S/C15H18N/c1-13-10-11-16(2)15(12-13)9-8-14-6-4-3-5-7-14/h3-7,10-12H,8-9H2,1-2H3/q+1. The third kappa shape index (κ3) is 2.69. The van der Waals surface area contributed by atoms with Crippen molar-refractivity contribution in [1.82, 2.24) is 0 Å². The topological polar surface area (TPSA) is 3.88 Å². The van der Waals surface area contributed by atoms with Crippen LogP contribution in [0.15, 0.2) is 48.7 Å². The average molecular weight is 212 g/mol. The lowest BCUT2D eigenvalue weighted by molar-refractivity contribution is -0.679. The predicted molar refractivity (Wildman–Crippen MR) is 66.2 cm³/mol. The van der Waals surface area contributed by atoms with Crippen LogP contribution in [-0.2, 0) is 19.9 Å². The predicted octanol–water partition coefficient (Wildman–Crippen LogP) is 2.60. The fraction of sp³-hybridized carbons (Fsp3) is 0.267. The second-order valence-corrected chi connectivity index (χ2v) is 4.29. The third-order valence-electron chi connectivity index (χ3n) is 2.92. The Balaban J connectivity index is 2.08. The molecule has 0 N–H and O–H groups in total. The Kier molecular flexibility index (Phi) is 3.35. The van der Waals surface area contributed by atoms with E-state index in [1.165, 1.54) is 16.8 Å². The number of hydrogen-bond acceptors (Lipinski definition) is 0. The minimum Gasteiger partial charge on any atom is -0.205 e. The lowest BCUT2D eigenvalue weighted by Crippen LogP contribution is -2.33. The Bertz CT molecular complexity index is 460. The molecule has 0 radical (unpaired) electrons. The summed E-state index contributed by atoms with van der Waals surface area (Å²) in [5.74, 6) is 0. The number of rotatable bonds is 3. The zero-order valence-corrected chi connectivity index (χ0v) is 9.98. The van der Waals surface area contributed by atoms with E-state index < -0.39 is 0 Å². The molecule has 0 aliphatic rings. The van der Waals surface area contributed by atoms with Crippen molar-refractivity contribution in [2.45, 2.75) is 19.8 Å². The lowest BCUT2D eigenvalue weighted by Gasteiger charge is -2.02. The van der Waals surface area contributed by atoms with Gasteiger partial charge in [0.25, 0.3) is 0 Å². The van der Waals surface area contributed by atoms with Gasteiger partial charge >= 0.3 is 0 Å². The van der Waals surface area contributed by atoms with E-state index in [0.29, 0.717) is 0 Å². The molecule has 0 aliphatic heterocycles. The maximum Gasteiger partial charge on any atom is 0.181 e. The number of benzene rings is 1. The molecule has 0 fully saturated rings. The smallest absolute Gasteiger partial charge is 0.181 e. The average Bonchev–Trinajstić information content (AvgIpc) is 2.32. The Labute approximate surface area is 97.4 Å². The normalized spacial score (nSPS) is 10.4. The fourth-order valence-corrected chi connectivity index (χ4v) is 1.90. The van der Waals surface area contributed by atoms with Crippen LogP contribution in [0.25, 0.3) is 0 Å². The summed E-state index contributed by atoms with van der Waals surface area (Å²) in [4.78, 5) is 0. The summed E-state index contributed by atoms with van der Waals surface area (Å²) in [6.07, 6.45) is 4.34. The van der Waals surface area contributed by atoms with E-state index in [1.807, 2.05) is 0 Å². The van der Waals surface area contributed by atoms with Crippen molar-refractivity contribution in [3.8, 4) is 0 Å². The molecule has 0 aliphatic carbocycles. The SMILES string of the molecule is Cc1cc[n+](C)c(CCc2ccccc2)c1. The molecule has 0 atom stereocenters. The minimum atomic E-state index is 1.10. The van der Waals surface area contributed by atoms with Crippen LogP contribution in [0.3, 0.4) is 0 Å². The van der Waals surface area contributed by atoms with E-state index in [0.717, 1.165) is 12.8 Å². The van der Waals surface area contributed by atoms with Gasteiger partial charge in [0.15, 0.2) is 11.9 Å². The van der Waals surface area contributed by atoms with Gasteiger partial charge in [0.2, 0.25) is 0 Å². The Hall–Kier alpha value is -1.63. The van der Waals surface area contributed by atoms with Crippen LogP contribution in [0.4, 0.5) is 0 Å². The van der Waals surface area contributed by atoms with E-state index in [-0.39, 0.29) is 0 Å². The molecule has 0 amide bonds. The molecule has 2 rings (SSSR count). The first-order valence-corrected chi connectivity index (χ1v) is 5.75. The molecule has 0 unspecified atom stereocenters. The highest BCUT2D eigenvalue weighted by Crippen LogP contribution is 2.05. The molecule has 2 aromatic rings. The first-order chi connectivity index (χ1) is 7.75. The van der Waals surface area contributed by atoms with Gasteiger partial charge in [-0.3, -0.25) is 0 Å². The van der Waals surface area contributed by atoms with Crippen molar-refractivity contribution in [3.05, 3.63) is 65.5 Å². The third-order valence-corrected chi connectivity index (χ3v) is 2.92. The Morgan fingerprint density at radius 2 is 1.75 bits per heavy atom. The number of nitrogens with zero attached hydrogens (tertiary/aromatic N) is 1. The summed E-state index contributed by atoms with van der Waals surface area (Å²) in [7, 11) is 2.11. The second-order valence-electron chi connectivity index (χ2n) is 4.29. The highest BCUT2D eigenvalue weighted by atomic mass is 14.9. The van der Waals surface area contributed by atoms with Gasteiger partial charge in [0.1, 0.15) is 7.05 Å². The summed E-state index contributed by atoms with van der Waals surface area (Å²) in [5, 5.41) is 0. The summed E-state index contributed by atoms with van der Waals surface area (Å²) in [5.41, 5.74) is 4.13. The second kappa shape index (κ2) is 4.93. The number of aromatic nitrogens is 1. The van der Waals surface area contributed by atoms with Crippen molar-refractivity contribution >= 4 is 0 Å². The molecule has 82 valence electrons. The van der Waals surface area contributed by atoms with Crippen molar-refractivity contribution in [2.75, 3.05) is 0 Å². The molecule has 1 heterocycles. The summed E-state index contributed by atoms with van der Waals surface area (Å²) < 4.78 is 2.20. The van der Waals surface area contributed by atoms with Gasteiger partial charge in [-0.2, -0.15) is 0 Å². The van der Waals surface area contributed by atoms with Crippen molar-refractivity contribution in [2.24, 2.45) is 7.05 Å². The first-order valence-electron chi connectivity index (χ1n) is 5.75. The maximum absolute atomic E-state index is 2.27. The zero-order valence-electron chi connectivity index (χ0n) is 9.98. The largest absolute Gasteiger partial charge is 0.205 e. The van der Waals surface area contributed by atoms with E-state index in [2.05, 4.69) is 67.2 Å². The molecule has 16 heavy (non-hydrogen) atoms. The number of aryl methyl sites for hydroxylation is 4. The molecule has 1 aromatic carbocycles. The maximum atomic E-state index is 2.27. The fourth-order valence-electron chi connectivity index (χ4n) is 1.90. The quantitative estimate of drug-likeness (QED) is 0.689. The highest BCUT2D eigenvalue weighted by molar-refractivity contribution is 5.17. The molecular weight excluding hydrogens is 194 g/mol. The van der Waals surface area contributed by atoms with Gasteiger partial charge < -0.3 is 0 Å². The first kappa shape index (κ1) is 10.9. The Morgan fingerprint density at radius 1 is 1.00 bits per heavy atom. The van der Waals surface area contributed by atoms with Crippen molar-refractivity contribution in [1.29, 1.82) is 0 Å². The van der Waals surface area contributed by atoms with Gasteiger partial charge in [-0.1, -0.05) is 30.3 Å². The zero-order chi connectivity index (χ0) is 11.4. The van der Waals surface area contributed by atoms with Gasteiger partial charge in [0, 0.05) is 18.6 Å². The molecule has 0 spiro atoms. The molecule has 1 aromatic heterocycles. The van der Waals surface area contributed by atoms with Gasteiger partial charge in [-0.25, -0.2) is 4.57 Å². The molecule has 0 saturated heterocycles. The molecule has 0 bridgehead atoms. The monoisotopic (exact) mass is 212 g/mol. The van der Waals surface area contributed by atoms with E-state index in [1.54, 1.807) is 0 Å². The molecule has 0 saturated carbocycles. The lowest BCUT2D eigenvalue weighted by atomic mass is 10.1. The highest BCUT2D eigenvalue weighted by Gasteiger charge is 2.06. The Morgan fingerprint density at radius 3 is 2.50 bits per heavy atom. The summed E-state index contributed by atoms with van der Waals surface area (Å²) in [6, 6.07) is 15.1. The van der Waals surface area contributed by atoms with Gasteiger partial charge in [-0.15, -0.1) is 0 Å². The van der Waals surface area contributed by atoms with Gasteiger partial charge in [-0.05, 0) is 24.5 Å². The van der Waals surface area contributed by atoms with Crippen LogP contribution < -0.4 is 4.57 Å². The summed E-state index contributed by atoms with van der Waals surface area (Å²) >= 11 is 0. The van der Waals surface area contributed by atoms with Crippen LogP contribution in [-0.4, -0.2) is 0 Å². The van der Waals surface area contributed by atoms with Crippen molar-refractivity contribution in [3.63, 3.8) is 0 Å². The molecular formula is C15H18N+. The number of pyridine rings is 1. The van der Waals surface area contributed by atoms with Crippen LogP contribution in [0.2, 0.25) is 0 Å². The molecule has 1 heteroatoms. The van der Waals surface area contributed by atoms with E-state index in [4.69, 9.17) is 0 Å². The van der Waals surface area contributed by atoms with Crippen molar-refractivity contribution < 1.29 is 4.57 Å². The summed E-state index contributed by atoms with van der Waals surface area (Å²) in [6.45, 7) is 2.14. The van der Waals surface area contributed by atoms with E-state index >= 15 is 0 Å². The number of hydrogen-bond donors (Lipinski definition) is 0.